The van der Waals surface area contributed by atoms with Gasteiger partial charge in [0.05, 0.1) is 0 Å². The topological polar surface area (TPSA) is 43.1 Å². The summed E-state index contributed by atoms with van der Waals surface area (Å²) in [7, 11) is 0. The number of amides is 1. The molecule has 2 N–H and O–H groups in total. The van der Waals surface area contributed by atoms with E-state index in [-0.39, 0.29) is 11.3 Å². The molecule has 3 aromatic rings. The van der Waals surface area contributed by atoms with Gasteiger partial charge in [-0.05, 0) is 65.2 Å². The number of carbonyl (C=O) groups is 1. The molecule has 1 aliphatic carbocycles. The summed E-state index contributed by atoms with van der Waals surface area (Å²) in [5.74, 6) is -0.377. The monoisotopic (exact) mass is 353 g/mol. The van der Waals surface area contributed by atoms with Crippen molar-refractivity contribution < 1.29 is 4.79 Å². The number of rotatable bonds is 4. The highest BCUT2D eigenvalue weighted by Crippen LogP contribution is 2.55. The first kappa shape index (κ1) is 15.4. The summed E-state index contributed by atoms with van der Waals surface area (Å²) in [6.07, 6.45) is 2.00. The highest BCUT2D eigenvalue weighted by atomic mass is 35.5. The Bertz CT molecular complexity index is 913. The van der Waals surface area contributed by atoms with Crippen LogP contribution in [0.4, 0.5) is 0 Å². The van der Waals surface area contributed by atoms with Crippen LogP contribution in [0.2, 0.25) is 5.02 Å². The first-order valence-electron chi connectivity index (χ1n) is 7.84. The van der Waals surface area contributed by atoms with Crippen LogP contribution in [0.15, 0.2) is 60.0 Å². The zero-order valence-electron chi connectivity index (χ0n) is 13.0. The molecule has 1 aliphatic rings. The number of nitrogens with two attached hydrogens (primary N) is 1. The van der Waals surface area contributed by atoms with Crippen LogP contribution in [0, 0.1) is 0 Å². The van der Waals surface area contributed by atoms with Gasteiger partial charge in [-0.25, -0.2) is 0 Å². The minimum absolute atomic E-state index is 0.150. The fourth-order valence-electron chi connectivity index (χ4n) is 3.40. The van der Waals surface area contributed by atoms with Crippen LogP contribution in [-0.4, -0.2) is 5.91 Å². The molecule has 2 aromatic carbocycles. The van der Waals surface area contributed by atoms with E-state index in [0.29, 0.717) is 5.56 Å². The molecule has 0 bridgehead atoms. The summed E-state index contributed by atoms with van der Waals surface area (Å²) in [5, 5.41) is 2.78. The van der Waals surface area contributed by atoms with Gasteiger partial charge in [-0.15, -0.1) is 11.3 Å². The molecule has 1 amide bonds. The number of halogens is 1. The van der Waals surface area contributed by atoms with Crippen LogP contribution in [0.3, 0.4) is 0 Å². The second-order valence-electron chi connectivity index (χ2n) is 6.20. The summed E-state index contributed by atoms with van der Waals surface area (Å²) < 4.78 is 0. The maximum absolute atomic E-state index is 11.8. The number of hydrogen-bond donors (Lipinski definition) is 1. The van der Waals surface area contributed by atoms with E-state index in [1.807, 2.05) is 42.5 Å². The molecule has 2 nitrogen and oxygen atoms in total. The van der Waals surface area contributed by atoms with Crippen molar-refractivity contribution in [2.45, 2.75) is 18.3 Å². The second-order valence-corrected chi connectivity index (χ2v) is 7.58. The average Bonchev–Trinajstić information content (AvgIpc) is 3.20. The van der Waals surface area contributed by atoms with E-state index in [2.05, 4.69) is 17.5 Å². The Hall–Kier alpha value is -2.10. The SMILES string of the molecule is NC(=O)c1ccccc1C1(c2cc(Cl)cc(-c3cccs3)c2)CC1. The van der Waals surface area contributed by atoms with Crippen molar-refractivity contribution in [1.82, 2.24) is 0 Å². The van der Waals surface area contributed by atoms with Crippen molar-refractivity contribution >= 4 is 28.8 Å². The summed E-state index contributed by atoms with van der Waals surface area (Å²) in [6.45, 7) is 0. The Morgan fingerprint density at radius 1 is 1.08 bits per heavy atom. The van der Waals surface area contributed by atoms with Gasteiger partial charge in [-0.3, -0.25) is 4.79 Å². The summed E-state index contributed by atoms with van der Waals surface area (Å²) in [4.78, 5) is 13.0. The van der Waals surface area contributed by atoms with Crippen molar-refractivity contribution in [2.75, 3.05) is 0 Å². The smallest absolute Gasteiger partial charge is 0.249 e. The van der Waals surface area contributed by atoms with E-state index in [1.54, 1.807) is 11.3 Å². The van der Waals surface area contributed by atoms with Gasteiger partial charge in [0.2, 0.25) is 5.91 Å². The minimum atomic E-state index is -0.377. The Morgan fingerprint density at radius 2 is 1.88 bits per heavy atom. The van der Waals surface area contributed by atoms with Crippen molar-refractivity contribution in [1.29, 1.82) is 0 Å². The Balaban J connectivity index is 1.86. The molecule has 0 spiro atoms. The molecule has 0 atom stereocenters. The Morgan fingerprint density at radius 3 is 2.54 bits per heavy atom. The van der Waals surface area contributed by atoms with Gasteiger partial charge in [0, 0.05) is 20.9 Å². The molecule has 1 heterocycles. The van der Waals surface area contributed by atoms with Crippen LogP contribution < -0.4 is 5.73 Å². The zero-order chi connectivity index (χ0) is 16.7. The molecule has 1 aromatic heterocycles. The lowest BCUT2D eigenvalue weighted by atomic mass is 9.84. The summed E-state index contributed by atoms with van der Waals surface area (Å²) in [6, 6.07) is 18.0. The van der Waals surface area contributed by atoms with E-state index in [1.165, 1.54) is 4.88 Å². The molecule has 0 unspecified atom stereocenters. The van der Waals surface area contributed by atoms with Gasteiger partial charge in [0.1, 0.15) is 0 Å². The fraction of sp³-hybridized carbons (Fsp3) is 0.150. The summed E-state index contributed by atoms with van der Waals surface area (Å²) in [5.41, 5.74) is 9.34. The van der Waals surface area contributed by atoms with Gasteiger partial charge in [0.15, 0.2) is 0 Å². The zero-order valence-corrected chi connectivity index (χ0v) is 14.5. The van der Waals surface area contributed by atoms with E-state index >= 15 is 0 Å². The van der Waals surface area contributed by atoms with Gasteiger partial charge in [-0.1, -0.05) is 35.9 Å². The number of carbonyl (C=O) groups excluding carboxylic acids is 1. The molecule has 1 saturated carbocycles. The molecule has 4 rings (SSSR count). The third-order valence-corrected chi connectivity index (χ3v) is 5.85. The van der Waals surface area contributed by atoms with Crippen LogP contribution in [-0.2, 0) is 5.41 Å². The standard InChI is InChI=1S/C20H16ClNOS/c21-15-11-13(18-6-3-9-24-18)10-14(12-15)20(7-8-20)17-5-2-1-4-16(17)19(22)23/h1-6,9-12H,7-8H2,(H2,22,23). The van der Waals surface area contributed by atoms with Crippen molar-refractivity contribution in [3.63, 3.8) is 0 Å². The third kappa shape index (κ3) is 2.54. The van der Waals surface area contributed by atoms with Gasteiger partial charge in [-0.2, -0.15) is 0 Å². The largest absolute Gasteiger partial charge is 0.366 e. The van der Waals surface area contributed by atoms with Gasteiger partial charge in [0.25, 0.3) is 0 Å². The third-order valence-electron chi connectivity index (χ3n) is 4.71. The number of primary amides is 1. The van der Waals surface area contributed by atoms with Gasteiger partial charge < -0.3 is 5.73 Å². The fourth-order valence-corrected chi connectivity index (χ4v) is 4.35. The molecule has 24 heavy (non-hydrogen) atoms. The van der Waals surface area contributed by atoms with Gasteiger partial charge >= 0.3 is 0 Å². The normalized spacial score (nSPS) is 15.2. The van der Waals surface area contributed by atoms with E-state index in [4.69, 9.17) is 17.3 Å². The molecule has 0 radical (unpaired) electrons. The number of benzene rings is 2. The number of thiophene rings is 1. The second kappa shape index (κ2) is 5.76. The Labute approximate surface area is 149 Å². The predicted octanol–water partition coefficient (Wildman–Crippen LogP) is 5.25. The Kier molecular flexibility index (Phi) is 3.70. The van der Waals surface area contributed by atoms with Crippen LogP contribution in [0.1, 0.15) is 34.3 Å². The first-order chi connectivity index (χ1) is 11.6. The van der Waals surface area contributed by atoms with Crippen molar-refractivity contribution in [3.05, 3.63) is 81.7 Å². The minimum Gasteiger partial charge on any atom is -0.366 e. The molecule has 4 heteroatoms. The maximum atomic E-state index is 11.8. The van der Waals surface area contributed by atoms with Crippen LogP contribution in [0.5, 0.6) is 0 Å². The average molecular weight is 354 g/mol. The lowest BCUT2D eigenvalue weighted by molar-refractivity contribution is 0.0999. The molecule has 120 valence electrons. The van der Waals surface area contributed by atoms with Crippen molar-refractivity contribution in [3.8, 4) is 10.4 Å². The highest BCUT2D eigenvalue weighted by molar-refractivity contribution is 7.13. The van der Waals surface area contributed by atoms with Crippen LogP contribution in [0.25, 0.3) is 10.4 Å². The quantitative estimate of drug-likeness (QED) is 0.684. The lowest BCUT2D eigenvalue weighted by Gasteiger charge is -2.20. The van der Waals surface area contributed by atoms with Crippen LogP contribution >= 0.6 is 22.9 Å². The first-order valence-corrected chi connectivity index (χ1v) is 9.10. The predicted molar refractivity (Wildman–Crippen MR) is 99.7 cm³/mol. The molecular weight excluding hydrogens is 338 g/mol. The summed E-state index contributed by atoms with van der Waals surface area (Å²) >= 11 is 8.10. The number of hydrogen-bond acceptors (Lipinski definition) is 2. The van der Waals surface area contributed by atoms with E-state index < -0.39 is 0 Å². The lowest BCUT2D eigenvalue weighted by Crippen LogP contribution is -2.19. The molecule has 0 saturated heterocycles. The molecule has 1 fully saturated rings. The highest BCUT2D eigenvalue weighted by Gasteiger charge is 2.47. The van der Waals surface area contributed by atoms with Crippen molar-refractivity contribution in [2.24, 2.45) is 5.73 Å². The van der Waals surface area contributed by atoms with E-state index in [0.717, 1.165) is 34.6 Å². The molecular formula is C20H16ClNOS. The maximum Gasteiger partial charge on any atom is 0.249 e. The molecule has 0 aliphatic heterocycles. The van der Waals surface area contributed by atoms with E-state index in [9.17, 15) is 4.79 Å².